The van der Waals surface area contributed by atoms with Crippen LogP contribution in [-0.4, -0.2) is 64.3 Å². The molecule has 0 unspecified atom stereocenters. The average molecular weight is 449 g/mol. The van der Waals surface area contributed by atoms with Gasteiger partial charge in [0.25, 0.3) is 0 Å². The molecule has 1 aromatic rings. The molecular formula is C26H40O6. The normalized spacial score (nSPS) is 41.9. The van der Waals surface area contributed by atoms with E-state index < -0.39 is 37.3 Å². The van der Waals surface area contributed by atoms with Crippen LogP contribution in [0, 0.1) is 11.3 Å². The first-order valence-corrected chi connectivity index (χ1v) is 12.2. The van der Waals surface area contributed by atoms with Gasteiger partial charge in [0.2, 0.25) is 0 Å². The van der Waals surface area contributed by atoms with Crippen LogP contribution < -0.4 is 0 Å². The summed E-state index contributed by atoms with van der Waals surface area (Å²) in [7, 11) is 0. The largest absolute Gasteiger partial charge is 0.394 e. The van der Waals surface area contributed by atoms with E-state index >= 15 is 0 Å². The van der Waals surface area contributed by atoms with Gasteiger partial charge in [0, 0.05) is 0 Å². The topological polar surface area (TPSA) is 99.4 Å². The Bertz CT molecular complexity index is 810. The Morgan fingerprint density at radius 3 is 2.53 bits per heavy atom. The Morgan fingerprint density at radius 1 is 1.09 bits per heavy atom. The third-order valence-electron chi connectivity index (χ3n) is 8.59. The lowest BCUT2D eigenvalue weighted by atomic mass is 9.50. The Hall–Kier alpha value is -1.02. The van der Waals surface area contributed by atoms with Crippen LogP contribution in [0.25, 0.3) is 0 Å². The molecule has 0 bridgehead atoms. The maximum absolute atomic E-state index is 10.4. The van der Waals surface area contributed by atoms with Crippen molar-refractivity contribution in [1.29, 1.82) is 0 Å². The maximum atomic E-state index is 10.4. The summed E-state index contributed by atoms with van der Waals surface area (Å²) in [5.41, 5.74) is 4.33. The van der Waals surface area contributed by atoms with Gasteiger partial charge in [0.15, 0.2) is 6.29 Å². The minimum atomic E-state index is -1.41. The SMILES string of the molecule is CC(C)c1ccc2c(c1)CC[C@H]1[C@@](C)(CO[C@@H]3O[C@H](CO)[C@@H](O)[C@H](O)[C@H]3O)CCC[C@]21C. The van der Waals surface area contributed by atoms with E-state index in [1.54, 1.807) is 0 Å². The number of hydrogen-bond acceptors (Lipinski definition) is 6. The van der Waals surface area contributed by atoms with Crippen LogP contribution in [-0.2, 0) is 21.3 Å². The number of aliphatic hydroxyl groups is 4. The third-order valence-corrected chi connectivity index (χ3v) is 8.59. The molecule has 1 aliphatic heterocycles. The molecule has 1 aromatic carbocycles. The molecule has 2 aliphatic carbocycles. The van der Waals surface area contributed by atoms with Gasteiger partial charge < -0.3 is 29.9 Å². The van der Waals surface area contributed by atoms with Crippen LogP contribution in [0.1, 0.15) is 76.0 Å². The second-order valence-electron chi connectivity index (χ2n) is 11.1. The second kappa shape index (κ2) is 8.97. The summed E-state index contributed by atoms with van der Waals surface area (Å²) in [6.45, 7) is 9.10. The van der Waals surface area contributed by atoms with Crippen molar-refractivity contribution >= 4 is 0 Å². The fraction of sp³-hybridized carbons (Fsp3) is 0.769. The Kier molecular flexibility index (Phi) is 6.76. The van der Waals surface area contributed by atoms with E-state index in [1.165, 1.54) is 16.7 Å². The molecule has 4 N–H and O–H groups in total. The predicted molar refractivity (Wildman–Crippen MR) is 121 cm³/mol. The zero-order valence-electron chi connectivity index (χ0n) is 19.8. The van der Waals surface area contributed by atoms with Gasteiger partial charge in [0.1, 0.15) is 24.4 Å². The standard InChI is InChI=1S/C26H40O6/c1-15(2)16-6-8-18-17(12-16)7-9-20-25(3,10-5-11-26(18,20)4)14-31-24-23(30)22(29)21(28)19(13-27)32-24/h6,8,12,15,19-24,27-30H,5,7,9-11,13-14H2,1-4H3/t19-,20+,21-,22+,23-,24-,25-,26-/m1/s1. The molecule has 3 aliphatic rings. The fourth-order valence-electron chi connectivity index (χ4n) is 6.65. The summed E-state index contributed by atoms with van der Waals surface area (Å²) in [6.07, 6.45) is -0.697. The van der Waals surface area contributed by atoms with E-state index in [-0.39, 0.29) is 10.8 Å². The molecule has 32 heavy (non-hydrogen) atoms. The minimum Gasteiger partial charge on any atom is -0.394 e. The highest BCUT2D eigenvalue weighted by molar-refractivity contribution is 5.42. The summed E-state index contributed by atoms with van der Waals surface area (Å²) < 4.78 is 11.7. The molecule has 1 saturated heterocycles. The van der Waals surface area contributed by atoms with Gasteiger partial charge in [0.05, 0.1) is 13.2 Å². The van der Waals surface area contributed by atoms with E-state index in [1.807, 2.05) is 0 Å². The number of benzene rings is 1. The maximum Gasteiger partial charge on any atom is 0.186 e. The first-order valence-electron chi connectivity index (χ1n) is 12.2. The van der Waals surface area contributed by atoms with Crippen molar-refractivity contribution in [2.45, 2.75) is 102 Å². The van der Waals surface area contributed by atoms with Crippen molar-refractivity contribution in [2.75, 3.05) is 13.2 Å². The summed E-state index contributed by atoms with van der Waals surface area (Å²) in [4.78, 5) is 0. The molecule has 0 spiro atoms. The molecule has 0 amide bonds. The lowest BCUT2D eigenvalue weighted by molar-refractivity contribution is -0.308. The Morgan fingerprint density at radius 2 is 1.84 bits per heavy atom. The van der Waals surface area contributed by atoms with Crippen molar-refractivity contribution in [3.8, 4) is 0 Å². The summed E-state index contributed by atoms with van der Waals surface area (Å²) in [6, 6.07) is 7.03. The van der Waals surface area contributed by atoms with Crippen LogP contribution in [0.4, 0.5) is 0 Å². The molecule has 6 heteroatoms. The summed E-state index contributed by atoms with van der Waals surface area (Å²) in [5.74, 6) is 0.959. The third kappa shape index (κ3) is 4.04. The lowest BCUT2D eigenvalue weighted by Crippen LogP contribution is -2.60. The van der Waals surface area contributed by atoms with Gasteiger partial charge in [-0.25, -0.2) is 0 Å². The number of aryl methyl sites for hydroxylation is 1. The molecular weight excluding hydrogens is 408 g/mol. The van der Waals surface area contributed by atoms with Gasteiger partial charge in [-0.1, -0.05) is 52.3 Å². The summed E-state index contributed by atoms with van der Waals surface area (Å²) in [5, 5.41) is 40.0. The average Bonchev–Trinajstić information content (AvgIpc) is 2.76. The number of ether oxygens (including phenoxy) is 2. The van der Waals surface area contributed by atoms with Gasteiger partial charge >= 0.3 is 0 Å². The zero-order chi connectivity index (χ0) is 23.3. The lowest BCUT2D eigenvalue weighted by Gasteiger charge is -2.56. The van der Waals surface area contributed by atoms with Crippen molar-refractivity contribution in [1.82, 2.24) is 0 Å². The molecule has 2 fully saturated rings. The number of hydrogen-bond donors (Lipinski definition) is 4. The van der Waals surface area contributed by atoms with E-state index in [9.17, 15) is 20.4 Å². The van der Waals surface area contributed by atoms with Gasteiger partial charge in [-0.3, -0.25) is 0 Å². The Balaban J connectivity index is 1.53. The molecule has 180 valence electrons. The van der Waals surface area contributed by atoms with E-state index in [2.05, 4.69) is 45.9 Å². The molecule has 1 heterocycles. The van der Waals surface area contributed by atoms with E-state index in [4.69, 9.17) is 9.47 Å². The van der Waals surface area contributed by atoms with Crippen molar-refractivity contribution < 1.29 is 29.9 Å². The molecule has 8 atom stereocenters. The van der Waals surface area contributed by atoms with E-state index in [0.717, 1.165) is 32.1 Å². The fourth-order valence-corrected chi connectivity index (χ4v) is 6.65. The number of fused-ring (bicyclic) bond motifs is 3. The smallest absolute Gasteiger partial charge is 0.186 e. The monoisotopic (exact) mass is 448 g/mol. The second-order valence-corrected chi connectivity index (χ2v) is 11.1. The summed E-state index contributed by atoms with van der Waals surface area (Å²) >= 11 is 0. The van der Waals surface area contributed by atoms with Crippen LogP contribution in [0.3, 0.4) is 0 Å². The van der Waals surface area contributed by atoms with Crippen LogP contribution in [0.5, 0.6) is 0 Å². The quantitative estimate of drug-likeness (QED) is 0.553. The van der Waals surface area contributed by atoms with Crippen molar-refractivity contribution in [3.05, 3.63) is 34.9 Å². The van der Waals surface area contributed by atoms with Gasteiger partial charge in [-0.2, -0.15) is 0 Å². The van der Waals surface area contributed by atoms with Crippen molar-refractivity contribution in [3.63, 3.8) is 0 Å². The number of aliphatic hydroxyl groups excluding tert-OH is 4. The molecule has 0 aromatic heterocycles. The van der Waals surface area contributed by atoms with E-state index in [0.29, 0.717) is 18.4 Å². The number of rotatable bonds is 5. The van der Waals surface area contributed by atoms with Crippen LogP contribution >= 0.6 is 0 Å². The van der Waals surface area contributed by atoms with Crippen molar-refractivity contribution in [2.24, 2.45) is 11.3 Å². The molecule has 4 rings (SSSR count). The molecule has 0 radical (unpaired) electrons. The van der Waals surface area contributed by atoms with Crippen LogP contribution in [0.2, 0.25) is 0 Å². The molecule has 1 saturated carbocycles. The highest BCUT2D eigenvalue weighted by Gasteiger charge is 2.53. The highest BCUT2D eigenvalue weighted by Crippen LogP contribution is 2.57. The first kappa shape index (κ1) is 24.1. The van der Waals surface area contributed by atoms with Crippen LogP contribution in [0.15, 0.2) is 18.2 Å². The first-order chi connectivity index (χ1) is 15.1. The minimum absolute atomic E-state index is 0.0782. The van der Waals surface area contributed by atoms with Gasteiger partial charge in [-0.15, -0.1) is 0 Å². The Labute approximate surface area is 191 Å². The predicted octanol–water partition coefficient (Wildman–Crippen LogP) is 2.64. The highest BCUT2D eigenvalue weighted by atomic mass is 16.7. The zero-order valence-corrected chi connectivity index (χ0v) is 19.8. The molecule has 6 nitrogen and oxygen atoms in total. The van der Waals surface area contributed by atoms with Gasteiger partial charge in [-0.05, 0) is 65.0 Å².